The Morgan fingerprint density at radius 2 is 2.12 bits per heavy atom. The van der Waals surface area contributed by atoms with Gasteiger partial charge in [0.25, 0.3) is 0 Å². The molecule has 1 fully saturated rings. The minimum atomic E-state index is -0.786. The van der Waals surface area contributed by atoms with E-state index in [1.165, 1.54) is 0 Å². The molecular weight excluding hydrogens is 210 g/mol. The Morgan fingerprint density at radius 3 is 2.56 bits per heavy atom. The first-order chi connectivity index (χ1) is 7.58. The van der Waals surface area contributed by atoms with Gasteiger partial charge in [0.05, 0.1) is 13.0 Å². The van der Waals surface area contributed by atoms with Gasteiger partial charge in [0.15, 0.2) is 0 Å². The minimum absolute atomic E-state index is 0.0708. The Morgan fingerprint density at radius 1 is 1.44 bits per heavy atom. The third-order valence-electron chi connectivity index (χ3n) is 3.13. The number of nitrogens with one attached hydrogen (secondary N) is 1. The smallest absolute Gasteiger partial charge is 0.303 e. The topological polar surface area (TPSA) is 75.6 Å². The normalized spacial score (nSPS) is 17.6. The quantitative estimate of drug-likeness (QED) is 0.676. The molecular formula is C11H19NO4. The first-order valence-corrected chi connectivity index (χ1v) is 5.55. The molecule has 0 bridgehead atoms. The number of carboxylic acids is 1. The second kappa shape index (κ2) is 5.84. The van der Waals surface area contributed by atoms with Crippen LogP contribution in [0.1, 0.15) is 32.1 Å². The summed E-state index contributed by atoms with van der Waals surface area (Å²) in [5.41, 5.74) is -0.200. The summed E-state index contributed by atoms with van der Waals surface area (Å²) in [7, 11) is 1.55. The van der Waals surface area contributed by atoms with E-state index in [9.17, 15) is 9.59 Å². The number of amides is 1. The summed E-state index contributed by atoms with van der Waals surface area (Å²) in [6.07, 6.45) is 3.33. The van der Waals surface area contributed by atoms with E-state index >= 15 is 0 Å². The van der Waals surface area contributed by atoms with Gasteiger partial charge in [-0.2, -0.15) is 0 Å². The zero-order valence-corrected chi connectivity index (χ0v) is 9.62. The monoisotopic (exact) mass is 229 g/mol. The van der Waals surface area contributed by atoms with Gasteiger partial charge < -0.3 is 15.2 Å². The number of hydrogen-bond donors (Lipinski definition) is 2. The highest BCUT2D eigenvalue weighted by molar-refractivity contribution is 5.76. The van der Waals surface area contributed by atoms with E-state index in [1.54, 1.807) is 7.11 Å². The van der Waals surface area contributed by atoms with Crippen LogP contribution in [0, 0.1) is 5.41 Å². The number of ether oxygens (including phenoxy) is 1. The molecule has 0 radical (unpaired) electrons. The molecule has 0 aromatic heterocycles. The molecule has 2 N–H and O–H groups in total. The van der Waals surface area contributed by atoms with E-state index in [-0.39, 0.29) is 17.7 Å². The van der Waals surface area contributed by atoms with Gasteiger partial charge in [0.2, 0.25) is 5.91 Å². The standard InChI is InChI=1S/C11H19NO4/c1-16-6-3-9(13)12-8-11(4-2-5-11)7-10(14)15/h2-8H2,1H3,(H,12,13)(H,14,15). The lowest BCUT2D eigenvalue weighted by Gasteiger charge is -2.40. The van der Waals surface area contributed by atoms with Gasteiger partial charge in [-0.1, -0.05) is 6.42 Å². The highest BCUT2D eigenvalue weighted by Gasteiger charge is 2.39. The number of carbonyl (C=O) groups is 2. The molecule has 1 aliphatic rings. The number of carboxylic acid groups (broad SMARTS) is 1. The molecule has 1 rings (SSSR count). The maximum absolute atomic E-state index is 11.3. The largest absolute Gasteiger partial charge is 0.481 e. The van der Waals surface area contributed by atoms with Crippen LogP contribution in [0.4, 0.5) is 0 Å². The van der Waals surface area contributed by atoms with Gasteiger partial charge >= 0.3 is 5.97 Å². The van der Waals surface area contributed by atoms with E-state index < -0.39 is 5.97 Å². The number of carbonyl (C=O) groups excluding carboxylic acids is 1. The summed E-state index contributed by atoms with van der Waals surface area (Å²) in [4.78, 5) is 22.0. The zero-order chi connectivity index (χ0) is 12.0. The second-order valence-electron chi connectivity index (χ2n) is 4.44. The van der Waals surface area contributed by atoms with Crippen molar-refractivity contribution in [2.45, 2.75) is 32.1 Å². The number of methoxy groups -OCH3 is 1. The Bertz CT molecular complexity index is 261. The molecule has 5 nitrogen and oxygen atoms in total. The maximum Gasteiger partial charge on any atom is 0.303 e. The Kier molecular flexibility index (Phi) is 4.73. The van der Waals surface area contributed by atoms with Crippen molar-refractivity contribution in [3.8, 4) is 0 Å². The maximum atomic E-state index is 11.3. The predicted octanol–water partition coefficient (Wildman–Crippen LogP) is 0.784. The molecule has 0 unspecified atom stereocenters. The van der Waals surface area contributed by atoms with Crippen molar-refractivity contribution in [1.29, 1.82) is 0 Å². The van der Waals surface area contributed by atoms with Crippen molar-refractivity contribution >= 4 is 11.9 Å². The Balaban J connectivity index is 2.28. The fraction of sp³-hybridized carbons (Fsp3) is 0.818. The van der Waals surface area contributed by atoms with Crippen LogP contribution in [-0.2, 0) is 14.3 Å². The van der Waals surface area contributed by atoms with Crippen molar-refractivity contribution in [3.63, 3.8) is 0 Å². The van der Waals surface area contributed by atoms with Gasteiger partial charge in [0, 0.05) is 20.1 Å². The van der Waals surface area contributed by atoms with Crippen molar-refractivity contribution in [3.05, 3.63) is 0 Å². The van der Waals surface area contributed by atoms with E-state index in [2.05, 4.69) is 5.32 Å². The van der Waals surface area contributed by atoms with E-state index in [4.69, 9.17) is 9.84 Å². The molecule has 1 saturated carbocycles. The van der Waals surface area contributed by atoms with Gasteiger partial charge in [0.1, 0.15) is 0 Å². The second-order valence-corrected chi connectivity index (χ2v) is 4.44. The van der Waals surface area contributed by atoms with E-state index in [0.29, 0.717) is 19.6 Å². The molecule has 0 aromatic carbocycles. The summed E-state index contributed by atoms with van der Waals surface area (Å²) in [6, 6.07) is 0. The summed E-state index contributed by atoms with van der Waals surface area (Å²) < 4.78 is 4.79. The van der Waals surface area contributed by atoms with Crippen LogP contribution in [0.15, 0.2) is 0 Å². The third-order valence-corrected chi connectivity index (χ3v) is 3.13. The van der Waals surface area contributed by atoms with Crippen LogP contribution in [0.25, 0.3) is 0 Å². The Labute approximate surface area is 95.2 Å². The molecule has 0 aliphatic heterocycles. The molecule has 0 aromatic rings. The molecule has 1 amide bonds. The summed E-state index contributed by atoms with van der Waals surface area (Å²) in [5.74, 6) is -0.857. The van der Waals surface area contributed by atoms with Gasteiger partial charge in [-0.05, 0) is 18.3 Å². The lowest BCUT2D eigenvalue weighted by molar-refractivity contribution is -0.142. The van der Waals surface area contributed by atoms with Crippen molar-refractivity contribution in [1.82, 2.24) is 5.32 Å². The average molecular weight is 229 g/mol. The molecule has 0 spiro atoms. The highest BCUT2D eigenvalue weighted by Crippen LogP contribution is 2.43. The van der Waals surface area contributed by atoms with Crippen LogP contribution >= 0.6 is 0 Å². The van der Waals surface area contributed by atoms with E-state index in [0.717, 1.165) is 19.3 Å². The van der Waals surface area contributed by atoms with Crippen LogP contribution < -0.4 is 5.32 Å². The van der Waals surface area contributed by atoms with Gasteiger partial charge in [-0.15, -0.1) is 0 Å². The fourth-order valence-corrected chi connectivity index (χ4v) is 1.98. The first-order valence-electron chi connectivity index (χ1n) is 5.55. The Hall–Kier alpha value is -1.10. The molecule has 5 heteroatoms. The molecule has 0 atom stereocenters. The molecule has 0 saturated heterocycles. The summed E-state index contributed by atoms with van der Waals surface area (Å²) in [6.45, 7) is 0.875. The van der Waals surface area contributed by atoms with Crippen LogP contribution in [-0.4, -0.2) is 37.2 Å². The first kappa shape index (κ1) is 13.0. The average Bonchev–Trinajstić information content (AvgIpc) is 2.18. The van der Waals surface area contributed by atoms with Crippen LogP contribution in [0.5, 0.6) is 0 Å². The van der Waals surface area contributed by atoms with E-state index in [1.807, 2.05) is 0 Å². The predicted molar refractivity (Wildman–Crippen MR) is 58.0 cm³/mol. The van der Waals surface area contributed by atoms with Gasteiger partial charge in [-0.25, -0.2) is 0 Å². The number of rotatable bonds is 7. The van der Waals surface area contributed by atoms with Crippen LogP contribution in [0.3, 0.4) is 0 Å². The SMILES string of the molecule is COCCC(=O)NCC1(CC(=O)O)CCC1. The lowest BCUT2D eigenvalue weighted by atomic mass is 9.66. The number of aliphatic carboxylic acids is 1. The fourth-order valence-electron chi connectivity index (χ4n) is 1.98. The number of hydrogen-bond acceptors (Lipinski definition) is 3. The van der Waals surface area contributed by atoms with Crippen LogP contribution in [0.2, 0.25) is 0 Å². The zero-order valence-electron chi connectivity index (χ0n) is 9.62. The summed E-state index contributed by atoms with van der Waals surface area (Å²) in [5, 5.41) is 11.6. The van der Waals surface area contributed by atoms with Crippen molar-refractivity contribution in [2.75, 3.05) is 20.3 Å². The highest BCUT2D eigenvalue weighted by atomic mass is 16.5. The molecule has 1 aliphatic carbocycles. The minimum Gasteiger partial charge on any atom is -0.481 e. The summed E-state index contributed by atoms with van der Waals surface area (Å²) >= 11 is 0. The third kappa shape index (κ3) is 3.81. The lowest BCUT2D eigenvalue weighted by Crippen LogP contribution is -2.43. The van der Waals surface area contributed by atoms with Crippen molar-refractivity contribution in [2.24, 2.45) is 5.41 Å². The van der Waals surface area contributed by atoms with Gasteiger partial charge in [-0.3, -0.25) is 9.59 Å². The molecule has 16 heavy (non-hydrogen) atoms. The van der Waals surface area contributed by atoms with Crippen molar-refractivity contribution < 1.29 is 19.4 Å². The molecule has 0 heterocycles. The molecule has 92 valence electrons.